The van der Waals surface area contributed by atoms with Crippen LogP contribution in [-0.4, -0.2) is 97.7 Å². The number of anilines is 3. The Balaban J connectivity index is 1.38. The summed E-state index contributed by atoms with van der Waals surface area (Å²) in [7, 11) is 4.79. The number of pyridine rings is 1. The van der Waals surface area contributed by atoms with E-state index < -0.39 is 0 Å². The number of fused-ring (bicyclic) bond motifs is 3. The molecule has 6 rings (SSSR count). The summed E-state index contributed by atoms with van der Waals surface area (Å²) in [4.78, 5) is 42.6. The molecule has 0 atom stereocenters. The van der Waals surface area contributed by atoms with Crippen LogP contribution in [-0.2, 0) is 23.1 Å². The number of rotatable bonds is 12. The summed E-state index contributed by atoms with van der Waals surface area (Å²) in [6.45, 7) is 10.9. The minimum atomic E-state index is -0.378. The molecule has 2 amide bonds. The van der Waals surface area contributed by atoms with E-state index in [-0.39, 0.29) is 17.8 Å². The zero-order valence-electron chi connectivity index (χ0n) is 27.9. The number of hydrogen-bond acceptors (Lipinski definition) is 10. The first-order valence-corrected chi connectivity index (χ1v) is 16.6. The van der Waals surface area contributed by atoms with E-state index in [0.29, 0.717) is 80.4 Å². The van der Waals surface area contributed by atoms with Crippen LogP contribution in [0.3, 0.4) is 0 Å². The van der Waals surface area contributed by atoms with Gasteiger partial charge in [0.15, 0.2) is 11.5 Å². The van der Waals surface area contributed by atoms with Gasteiger partial charge in [0.05, 0.1) is 36.2 Å². The lowest BCUT2D eigenvalue weighted by Crippen LogP contribution is -2.48. The van der Waals surface area contributed by atoms with Crippen LogP contribution in [0, 0.1) is 0 Å². The maximum Gasteiger partial charge on any atom is 0.247 e. The SMILES string of the molecule is C=CC(=O)Nc1cn(C)nc1Nc1ncc2cc(-c3c(Cl)c(OC)cc(OC)c3Cl)c3nc(CCCN4CCN(C(=O)C=C)CC4)cn3c2n1. The lowest BCUT2D eigenvalue weighted by molar-refractivity contribution is -0.127. The number of nitrogens with zero attached hydrogens (tertiary/aromatic N) is 8. The van der Waals surface area contributed by atoms with Crippen molar-refractivity contribution >= 4 is 69.2 Å². The summed E-state index contributed by atoms with van der Waals surface area (Å²) >= 11 is 13.8. The first-order chi connectivity index (χ1) is 24.1. The Morgan fingerprint density at radius 3 is 2.36 bits per heavy atom. The number of hydrogen-bond donors (Lipinski definition) is 2. The molecule has 1 saturated heterocycles. The molecular weight excluding hydrogens is 683 g/mol. The molecule has 2 N–H and O–H groups in total. The van der Waals surface area contributed by atoms with Gasteiger partial charge in [0.1, 0.15) is 22.8 Å². The molecule has 4 aromatic heterocycles. The van der Waals surface area contributed by atoms with Gasteiger partial charge >= 0.3 is 0 Å². The number of halogens is 2. The van der Waals surface area contributed by atoms with E-state index >= 15 is 0 Å². The van der Waals surface area contributed by atoms with E-state index in [4.69, 9.17) is 42.6 Å². The molecule has 14 nitrogen and oxygen atoms in total. The number of imidazole rings is 1. The third-order valence-electron chi connectivity index (χ3n) is 8.43. The third kappa shape index (κ3) is 6.95. The Morgan fingerprint density at radius 1 is 0.980 bits per heavy atom. The maximum absolute atomic E-state index is 12.0. The quantitative estimate of drug-likeness (QED) is 0.167. The fourth-order valence-electron chi connectivity index (χ4n) is 5.93. The number of aryl methyl sites for hydroxylation is 2. The molecule has 1 aliphatic heterocycles. The second-order valence-corrected chi connectivity index (χ2v) is 12.4. The molecule has 0 spiro atoms. The number of piperazine rings is 1. The second kappa shape index (κ2) is 14.7. The topological polar surface area (TPSA) is 144 Å². The van der Waals surface area contributed by atoms with Gasteiger partial charge in [-0.3, -0.25) is 23.6 Å². The molecule has 1 aliphatic rings. The number of methoxy groups -OCH3 is 2. The summed E-state index contributed by atoms with van der Waals surface area (Å²) in [6, 6.07) is 3.53. The highest BCUT2D eigenvalue weighted by molar-refractivity contribution is 6.41. The monoisotopic (exact) mass is 718 g/mol. The number of ether oxygens (including phenoxy) is 2. The Labute approximate surface area is 298 Å². The Bertz CT molecular complexity index is 2090. The first-order valence-electron chi connectivity index (χ1n) is 15.8. The van der Waals surface area contributed by atoms with Crippen molar-refractivity contribution in [3.63, 3.8) is 0 Å². The number of nitrogens with one attached hydrogen (secondary N) is 2. The Morgan fingerprint density at radius 2 is 1.70 bits per heavy atom. The summed E-state index contributed by atoms with van der Waals surface area (Å²) in [5.41, 5.74) is 3.56. The molecule has 1 fully saturated rings. The van der Waals surface area contributed by atoms with E-state index in [1.165, 1.54) is 26.4 Å². The Hall–Kier alpha value is -5.18. The highest BCUT2D eigenvalue weighted by atomic mass is 35.5. The van der Waals surface area contributed by atoms with Crippen LogP contribution < -0.4 is 20.1 Å². The van der Waals surface area contributed by atoms with Crippen molar-refractivity contribution in [3.8, 4) is 22.6 Å². The molecule has 0 bridgehead atoms. The molecular formula is C34H36Cl2N10O4. The summed E-state index contributed by atoms with van der Waals surface area (Å²) in [6.07, 6.45) is 9.37. The molecule has 1 aromatic carbocycles. The van der Waals surface area contributed by atoms with Crippen molar-refractivity contribution < 1.29 is 19.1 Å². The molecule has 0 saturated carbocycles. The van der Waals surface area contributed by atoms with Gasteiger partial charge in [0, 0.05) is 68.2 Å². The van der Waals surface area contributed by atoms with Crippen LogP contribution in [0.25, 0.3) is 27.8 Å². The number of aromatic nitrogens is 6. The average Bonchev–Trinajstić information content (AvgIpc) is 3.71. The molecule has 260 valence electrons. The number of benzene rings is 1. The van der Waals surface area contributed by atoms with E-state index in [2.05, 4.69) is 38.8 Å². The van der Waals surface area contributed by atoms with Crippen LogP contribution >= 0.6 is 23.2 Å². The highest BCUT2D eigenvalue weighted by Crippen LogP contribution is 2.47. The smallest absolute Gasteiger partial charge is 0.247 e. The van der Waals surface area contributed by atoms with Crippen LogP contribution in [0.5, 0.6) is 11.5 Å². The van der Waals surface area contributed by atoms with Crippen LogP contribution in [0.4, 0.5) is 17.5 Å². The number of carbonyl (C=O) groups is 2. The Kier molecular flexibility index (Phi) is 10.2. The van der Waals surface area contributed by atoms with Crippen molar-refractivity contribution in [3.05, 3.63) is 71.8 Å². The predicted octanol–water partition coefficient (Wildman–Crippen LogP) is 5.13. The summed E-state index contributed by atoms with van der Waals surface area (Å²) in [5, 5.41) is 11.6. The fourth-order valence-corrected chi connectivity index (χ4v) is 6.64. The third-order valence-corrected chi connectivity index (χ3v) is 9.18. The minimum Gasteiger partial charge on any atom is -0.495 e. The molecule has 0 aliphatic carbocycles. The summed E-state index contributed by atoms with van der Waals surface area (Å²) < 4.78 is 14.6. The van der Waals surface area contributed by atoms with Gasteiger partial charge in [-0.2, -0.15) is 10.1 Å². The molecule has 0 radical (unpaired) electrons. The number of amides is 2. The maximum atomic E-state index is 12.0. The average molecular weight is 720 g/mol. The van der Waals surface area contributed by atoms with E-state index in [0.717, 1.165) is 31.7 Å². The van der Waals surface area contributed by atoms with Gasteiger partial charge in [-0.15, -0.1) is 0 Å². The van der Waals surface area contributed by atoms with Gasteiger partial charge in [-0.25, -0.2) is 9.97 Å². The lowest BCUT2D eigenvalue weighted by Gasteiger charge is -2.34. The van der Waals surface area contributed by atoms with E-state index in [9.17, 15) is 9.59 Å². The van der Waals surface area contributed by atoms with Crippen LogP contribution in [0.1, 0.15) is 12.1 Å². The molecule has 5 aromatic rings. The van der Waals surface area contributed by atoms with Crippen molar-refractivity contribution in [2.45, 2.75) is 12.8 Å². The van der Waals surface area contributed by atoms with Crippen molar-refractivity contribution in [2.75, 3.05) is 57.6 Å². The first kappa shape index (κ1) is 34.7. The van der Waals surface area contributed by atoms with E-state index in [1.54, 1.807) is 30.2 Å². The molecule has 0 unspecified atom stereocenters. The zero-order chi connectivity index (χ0) is 35.5. The lowest BCUT2D eigenvalue weighted by atomic mass is 10.0. The van der Waals surface area contributed by atoms with Gasteiger partial charge < -0.3 is 25.0 Å². The predicted molar refractivity (Wildman–Crippen MR) is 194 cm³/mol. The number of carbonyl (C=O) groups excluding carboxylic acids is 2. The molecule has 16 heteroatoms. The van der Waals surface area contributed by atoms with Crippen LogP contribution in [0.15, 0.2) is 56.0 Å². The zero-order valence-corrected chi connectivity index (χ0v) is 29.4. The largest absolute Gasteiger partial charge is 0.495 e. The van der Waals surface area contributed by atoms with Gasteiger partial charge in [0.25, 0.3) is 0 Å². The molecule has 5 heterocycles. The van der Waals surface area contributed by atoms with E-state index in [1.807, 2.05) is 21.6 Å². The fraction of sp³-hybridized carbons (Fsp3) is 0.294. The summed E-state index contributed by atoms with van der Waals surface area (Å²) in [5.74, 6) is 0.994. The van der Waals surface area contributed by atoms with Gasteiger partial charge in [-0.05, 0) is 37.6 Å². The van der Waals surface area contributed by atoms with Crippen molar-refractivity contribution in [2.24, 2.45) is 7.05 Å². The van der Waals surface area contributed by atoms with Gasteiger partial charge in [0.2, 0.25) is 17.8 Å². The van der Waals surface area contributed by atoms with Crippen molar-refractivity contribution in [1.82, 2.24) is 38.9 Å². The minimum absolute atomic E-state index is 0.0339. The van der Waals surface area contributed by atoms with Crippen molar-refractivity contribution in [1.29, 1.82) is 0 Å². The normalized spacial score (nSPS) is 13.4. The van der Waals surface area contributed by atoms with Crippen LogP contribution in [0.2, 0.25) is 10.0 Å². The molecule has 50 heavy (non-hydrogen) atoms. The standard InChI is InChI=1S/C34H36Cl2N10O4/c1-6-26(47)39-23-19-43(3)42-31(23)40-34-37-17-20-15-22(28-29(35)24(49-4)16-25(50-5)30(28)36)33-38-21(18-46(33)32(20)41-34)9-8-10-44-11-13-45(14-12-44)27(48)7-2/h6-7,15-19H,1-2,8-14H2,3-5H3,(H,39,47)(H,37,40,41,42). The second-order valence-electron chi connectivity index (χ2n) is 11.6. The highest BCUT2D eigenvalue weighted by Gasteiger charge is 2.24. The van der Waals surface area contributed by atoms with Gasteiger partial charge in [-0.1, -0.05) is 36.4 Å².